The van der Waals surface area contributed by atoms with E-state index in [0.29, 0.717) is 37.2 Å². The van der Waals surface area contributed by atoms with Crippen molar-refractivity contribution in [3.63, 3.8) is 0 Å². The number of hydrogen-bond acceptors (Lipinski definition) is 6. The quantitative estimate of drug-likeness (QED) is 0.856. The highest BCUT2D eigenvalue weighted by molar-refractivity contribution is 5.81. The van der Waals surface area contributed by atoms with Gasteiger partial charge in [0.25, 0.3) is 0 Å². The molecule has 23 heavy (non-hydrogen) atoms. The molecule has 1 heterocycles. The Bertz CT molecular complexity index is 653. The first-order valence-corrected chi connectivity index (χ1v) is 7.69. The number of rotatable bonds is 4. The van der Waals surface area contributed by atoms with Gasteiger partial charge >= 0.3 is 5.97 Å². The number of aromatic hydroxyl groups is 1. The molecule has 2 unspecified atom stereocenters. The molecule has 0 amide bonds. The van der Waals surface area contributed by atoms with Gasteiger partial charge in [-0.15, -0.1) is 0 Å². The Morgan fingerprint density at radius 2 is 2.26 bits per heavy atom. The van der Waals surface area contributed by atoms with Gasteiger partial charge < -0.3 is 19.3 Å². The molecule has 1 aromatic carbocycles. The molecule has 6 heteroatoms. The van der Waals surface area contributed by atoms with Crippen molar-refractivity contribution in [3.05, 3.63) is 17.7 Å². The lowest BCUT2D eigenvalue weighted by molar-refractivity contribution is -0.142. The molecule has 6 nitrogen and oxygen atoms in total. The summed E-state index contributed by atoms with van der Waals surface area (Å²) in [4.78, 5) is 22.9. The Hall–Kier alpha value is -2.24. The van der Waals surface area contributed by atoms with Gasteiger partial charge in [0, 0.05) is 36.8 Å². The Morgan fingerprint density at radius 3 is 2.96 bits per heavy atom. The standard InChI is InChI=1S/C17H20O6/c1-10(18)22-6-5-17-4-3-11(19)7-16(17)23-14-9-15(21-2)13(20)8-12(14)17/h8-9,16,20H,3-7H2,1-2H3. The fraction of sp³-hybridized carbons (Fsp3) is 0.529. The molecule has 1 aliphatic carbocycles. The second kappa shape index (κ2) is 5.76. The van der Waals surface area contributed by atoms with Gasteiger partial charge in [-0.1, -0.05) is 0 Å². The van der Waals surface area contributed by atoms with Crippen LogP contribution in [0.3, 0.4) is 0 Å². The fourth-order valence-corrected chi connectivity index (χ4v) is 3.64. The molecule has 124 valence electrons. The zero-order valence-electron chi connectivity index (χ0n) is 13.3. The summed E-state index contributed by atoms with van der Waals surface area (Å²) in [5.41, 5.74) is 0.447. The zero-order chi connectivity index (χ0) is 16.6. The highest BCUT2D eigenvalue weighted by Gasteiger charge is 2.52. The van der Waals surface area contributed by atoms with Crippen molar-refractivity contribution in [1.29, 1.82) is 0 Å². The predicted octanol–water partition coefficient (Wildman–Crippen LogP) is 2.11. The number of methoxy groups -OCH3 is 1. The van der Waals surface area contributed by atoms with E-state index >= 15 is 0 Å². The van der Waals surface area contributed by atoms with E-state index in [1.165, 1.54) is 14.0 Å². The van der Waals surface area contributed by atoms with Crippen LogP contribution in [-0.4, -0.2) is 36.7 Å². The monoisotopic (exact) mass is 320 g/mol. The topological polar surface area (TPSA) is 82.1 Å². The maximum absolute atomic E-state index is 11.8. The van der Waals surface area contributed by atoms with Crippen molar-refractivity contribution >= 4 is 11.8 Å². The van der Waals surface area contributed by atoms with Crippen LogP contribution >= 0.6 is 0 Å². The summed E-state index contributed by atoms with van der Waals surface area (Å²) in [6.45, 7) is 1.63. The summed E-state index contributed by atoms with van der Waals surface area (Å²) < 4.78 is 16.2. The first-order valence-electron chi connectivity index (χ1n) is 7.69. The van der Waals surface area contributed by atoms with Crippen molar-refractivity contribution in [2.24, 2.45) is 0 Å². The van der Waals surface area contributed by atoms with Crippen LogP contribution in [0, 0.1) is 0 Å². The summed E-state index contributed by atoms with van der Waals surface area (Å²) in [5, 5.41) is 10.1. The van der Waals surface area contributed by atoms with Crippen LogP contribution in [0.4, 0.5) is 0 Å². The van der Waals surface area contributed by atoms with E-state index in [1.807, 2.05) is 0 Å². The highest BCUT2D eigenvalue weighted by atomic mass is 16.5. The molecule has 1 fully saturated rings. The summed E-state index contributed by atoms with van der Waals surface area (Å²) in [7, 11) is 1.48. The molecule has 1 aliphatic heterocycles. The number of hydrogen-bond donors (Lipinski definition) is 1. The van der Waals surface area contributed by atoms with Crippen LogP contribution in [0.1, 0.15) is 38.2 Å². The van der Waals surface area contributed by atoms with Crippen LogP contribution in [0.5, 0.6) is 17.2 Å². The number of ether oxygens (including phenoxy) is 3. The third kappa shape index (κ3) is 2.62. The molecule has 3 rings (SSSR count). The summed E-state index contributed by atoms with van der Waals surface area (Å²) in [6, 6.07) is 3.30. The number of benzene rings is 1. The second-order valence-corrected chi connectivity index (χ2v) is 6.12. The number of phenols is 1. The lowest BCUT2D eigenvalue weighted by atomic mass is 9.66. The van der Waals surface area contributed by atoms with E-state index in [-0.39, 0.29) is 30.2 Å². The van der Waals surface area contributed by atoms with Crippen molar-refractivity contribution in [2.45, 2.75) is 44.1 Å². The Kier molecular flexibility index (Phi) is 3.92. The van der Waals surface area contributed by atoms with Gasteiger partial charge in [-0.25, -0.2) is 0 Å². The third-order valence-corrected chi connectivity index (χ3v) is 4.82. The van der Waals surface area contributed by atoms with E-state index in [9.17, 15) is 14.7 Å². The lowest BCUT2D eigenvalue weighted by Gasteiger charge is -2.37. The minimum Gasteiger partial charge on any atom is -0.504 e. The van der Waals surface area contributed by atoms with Crippen LogP contribution in [-0.2, 0) is 19.7 Å². The molecular weight excluding hydrogens is 300 g/mol. The van der Waals surface area contributed by atoms with E-state index in [1.54, 1.807) is 12.1 Å². The first-order chi connectivity index (χ1) is 11.0. The molecule has 0 aromatic heterocycles. The van der Waals surface area contributed by atoms with E-state index < -0.39 is 5.41 Å². The Morgan fingerprint density at radius 1 is 1.48 bits per heavy atom. The Labute approximate surface area is 134 Å². The maximum atomic E-state index is 11.8. The number of esters is 1. The molecular formula is C17H20O6. The fourth-order valence-electron chi connectivity index (χ4n) is 3.64. The minimum absolute atomic E-state index is 0.0410. The number of phenolic OH excluding ortho intramolecular Hbond substituents is 1. The average molecular weight is 320 g/mol. The molecule has 2 atom stereocenters. The SMILES string of the molecule is COc1cc2c(cc1O)C1(CCOC(C)=O)CCC(=O)CC1O2. The van der Waals surface area contributed by atoms with Crippen molar-refractivity contribution < 1.29 is 28.9 Å². The molecule has 0 radical (unpaired) electrons. The van der Waals surface area contributed by atoms with Gasteiger partial charge in [-0.2, -0.15) is 0 Å². The number of carbonyl (C=O) groups is 2. The largest absolute Gasteiger partial charge is 0.504 e. The number of carbonyl (C=O) groups excluding carboxylic acids is 2. The van der Waals surface area contributed by atoms with Gasteiger partial charge in [0.1, 0.15) is 17.6 Å². The Balaban J connectivity index is 1.97. The van der Waals surface area contributed by atoms with E-state index in [4.69, 9.17) is 14.2 Å². The van der Waals surface area contributed by atoms with Crippen LogP contribution < -0.4 is 9.47 Å². The summed E-state index contributed by atoms with van der Waals surface area (Å²) in [6.07, 6.45) is 1.69. The summed E-state index contributed by atoms with van der Waals surface area (Å²) >= 11 is 0. The highest BCUT2D eigenvalue weighted by Crippen LogP contribution is 2.54. The van der Waals surface area contributed by atoms with Crippen molar-refractivity contribution in [2.75, 3.05) is 13.7 Å². The molecule has 1 N–H and O–H groups in total. The van der Waals surface area contributed by atoms with Gasteiger partial charge in [-0.05, 0) is 18.9 Å². The predicted molar refractivity (Wildman–Crippen MR) is 80.9 cm³/mol. The van der Waals surface area contributed by atoms with Crippen molar-refractivity contribution in [1.82, 2.24) is 0 Å². The smallest absolute Gasteiger partial charge is 0.302 e. The zero-order valence-corrected chi connectivity index (χ0v) is 13.3. The van der Waals surface area contributed by atoms with Crippen LogP contribution in [0.2, 0.25) is 0 Å². The average Bonchev–Trinajstić information content (AvgIpc) is 2.79. The van der Waals surface area contributed by atoms with Gasteiger partial charge in [0.15, 0.2) is 11.5 Å². The molecule has 0 saturated heterocycles. The second-order valence-electron chi connectivity index (χ2n) is 6.12. The third-order valence-electron chi connectivity index (χ3n) is 4.82. The van der Waals surface area contributed by atoms with Crippen LogP contribution in [0.15, 0.2) is 12.1 Å². The van der Waals surface area contributed by atoms with Gasteiger partial charge in [0.05, 0.1) is 13.7 Å². The molecule has 0 spiro atoms. The number of ketones is 1. The molecule has 1 saturated carbocycles. The normalized spacial score (nSPS) is 25.3. The van der Waals surface area contributed by atoms with Crippen molar-refractivity contribution in [3.8, 4) is 17.2 Å². The maximum Gasteiger partial charge on any atom is 0.302 e. The van der Waals surface area contributed by atoms with Gasteiger partial charge in [0.2, 0.25) is 0 Å². The van der Waals surface area contributed by atoms with Gasteiger partial charge in [-0.3, -0.25) is 9.59 Å². The summed E-state index contributed by atoms with van der Waals surface area (Å²) in [5.74, 6) is 0.842. The van der Waals surface area contributed by atoms with E-state index in [0.717, 1.165) is 5.56 Å². The van der Waals surface area contributed by atoms with Crippen LogP contribution in [0.25, 0.3) is 0 Å². The first kappa shape index (κ1) is 15.6. The lowest BCUT2D eigenvalue weighted by Crippen LogP contribution is -2.44. The molecule has 1 aromatic rings. The molecule has 2 aliphatic rings. The minimum atomic E-state index is -0.414. The number of Topliss-reactive ketones (excluding diaryl/α,β-unsaturated/α-hetero) is 1. The van der Waals surface area contributed by atoms with E-state index in [2.05, 4.69) is 0 Å². The number of fused-ring (bicyclic) bond motifs is 3. The molecule has 0 bridgehead atoms.